The Kier molecular flexibility index (Phi) is 4.32. The Morgan fingerprint density at radius 2 is 1.91 bits per heavy atom. The Hall–Kier alpha value is -2.43. The van der Waals surface area contributed by atoms with E-state index < -0.39 is 0 Å². The zero-order valence-corrected chi connectivity index (χ0v) is 12.7. The lowest BCUT2D eigenvalue weighted by Gasteiger charge is -2.15. The van der Waals surface area contributed by atoms with Gasteiger partial charge in [0.1, 0.15) is 0 Å². The first-order valence-corrected chi connectivity index (χ1v) is 7.64. The summed E-state index contributed by atoms with van der Waals surface area (Å²) in [5.41, 5.74) is 2.64. The van der Waals surface area contributed by atoms with Crippen molar-refractivity contribution in [1.82, 2.24) is 15.3 Å². The van der Waals surface area contributed by atoms with Crippen molar-refractivity contribution in [2.75, 3.05) is 18.0 Å². The number of hydrogen-bond donors (Lipinski definition) is 1. The summed E-state index contributed by atoms with van der Waals surface area (Å²) in [6.07, 6.45) is 4.14. The summed E-state index contributed by atoms with van der Waals surface area (Å²) in [5.74, 6) is 0.681. The average Bonchev–Trinajstić information content (AvgIpc) is 3.08. The number of aromatic nitrogens is 2. The first-order chi connectivity index (χ1) is 10.7. The van der Waals surface area contributed by atoms with Gasteiger partial charge < -0.3 is 10.2 Å². The van der Waals surface area contributed by atoms with E-state index >= 15 is 0 Å². The standard InChI is InChI=1S/C17H20N4O/c1-13-4-6-14(7-5-13)16(22)19-12-15-8-9-18-17(20-15)21-10-2-3-11-21/h4-9H,2-3,10-12H2,1H3,(H,19,22). The van der Waals surface area contributed by atoms with Gasteiger partial charge in [-0.05, 0) is 38.0 Å². The van der Waals surface area contributed by atoms with Crippen molar-refractivity contribution in [3.05, 3.63) is 53.3 Å². The highest BCUT2D eigenvalue weighted by Crippen LogP contribution is 2.15. The fraction of sp³-hybridized carbons (Fsp3) is 0.353. The lowest BCUT2D eigenvalue weighted by atomic mass is 10.1. The molecule has 0 saturated carbocycles. The molecule has 2 aromatic rings. The third kappa shape index (κ3) is 3.42. The molecule has 2 heterocycles. The van der Waals surface area contributed by atoms with Crippen LogP contribution in [0, 0.1) is 6.92 Å². The number of carbonyl (C=O) groups is 1. The molecule has 1 fully saturated rings. The van der Waals surface area contributed by atoms with Crippen LogP contribution in [-0.4, -0.2) is 29.0 Å². The minimum atomic E-state index is -0.0821. The molecule has 3 rings (SSSR count). The lowest BCUT2D eigenvalue weighted by Crippen LogP contribution is -2.25. The van der Waals surface area contributed by atoms with Crippen molar-refractivity contribution in [1.29, 1.82) is 0 Å². The molecule has 5 heteroatoms. The van der Waals surface area contributed by atoms with E-state index in [1.807, 2.05) is 37.3 Å². The highest BCUT2D eigenvalue weighted by molar-refractivity contribution is 5.94. The number of hydrogen-bond acceptors (Lipinski definition) is 4. The summed E-state index contributed by atoms with van der Waals surface area (Å²) in [6, 6.07) is 9.38. The minimum absolute atomic E-state index is 0.0821. The summed E-state index contributed by atoms with van der Waals surface area (Å²) in [7, 11) is 0. The van der Waals surface area contributed by atoms with Crippen molar-refractivity contribution in [2.24, 2.45) is 0 Å². The van der Waals surface area contributed by atoms with E-state index in [-0.39, 0.29) is 5.91 Å². The Morgan fingerprint density at radius 3 is 2.64 bits per heavy atom. The summed E-state index contributed by atoms with van der Waals surface area (Å²) in [6.45, 7) is 4.44. The van der Waals surface area contributed by atoms with Crippen LogP contribution < -0.4 is 10.2 Å². The predicted octanol–water partition coefficient (Wildman–Crippen LogP) is 2.32. The molecule has 1 N–H and O–H groups in total. The smallest absolute Gasteiger partial charge is 0.251 e. The van der Waals surface area contributed by atoms with E-state index in [9.17, 15) is 4.79 Å². The third-order valence-electron chi connectivity index (χ3n) is 3.83. The van der Waals surface area contributed by atoms with Crippen LogP contribution in [0.4, 0.5) is 5.95 Å². The summed E-state index contributed by atoms with van der Waals surface area (Å²) < 4.78 is 0. The maximum absolute atomic E-state index is 12.1. The molecule has 0 spiro atoms. The van der Waals surface area contributed by atoms with E-state index in [4.69, 9.17) is 0 Å². The van der Waals surface area contributed by atoms with Gasteiger partial charge in [-0.1, -0.05) is 17.7 Å². The first-order valence-electron chi connectivity index (χ1n) is 7.64. The molecule has 0 radical (unpaired) electrons. The van der Waals surface area contributed by atoms with Gasteiger partial charge in [-0.25, -0.2) is 9.97 Å². The van der Waals surface area contributed by atoms with Gasteiger partial charge in [0.15, 0.2) is 0 Å². The molecule has 1 aliphatic heterocycles. The molecule has 0 unspecified atom stereocenters. The summed E-state index contributed by atoms with van der Waals surface area (Å²) in [4.78, 5) is 23.1. The second kappa shape index (κ2) is 6.56. The van der Waals surface area contributed by atoms with Gasteiger partial charge >= 0.3 is 0 Å². The molecule has 1 saturated heterocycles. The maximum Gasteiger partial charge on any atom is 0.251 e. The number of benzene rings is 1. The number of rotatable bonds is 4. The molecule has 22 heavy (non-hydrogen) atoms. The zero-order valence-electron chi connectivity index (χ0n) is 12.7. The topological polar surface area (TPSA) is 58.1 Å². The number of aryl methyl sites for hydroxylation is 1. The minimum Gasteiger partial charge on any atom is -0.346 e. The van der Waals surface area contributed by atoms with Gasteiger partial charge in [0.2, 0.25) is 5.95 Å². The Labute approximate surface area is 130 Å². The molecular formula is C17H20N4O. The monoisotopic (exact) mass is 296 g/mol. The normalized spacial score (nSPS) is 14.1. The van der Waals surface area contributed by atoms with Gasteiger partial charge in [-0.3, -0.25) is 4.79 Å². The van der Waals surface area contributed by atoms with Gasteiger partial charge in [0.05, 0.1) is 12.2 Å². The van der Waals surface area contributed by atoms with E-state index in [1.165, 1.54) is 12.8 Å². The van der Waals surface area contributed by atoms with Crippen LogP contribution in [0.15, 0.2) is 36.5 Å². The fourth-order valence-electron chi connectivity index (χ4n) is 2.53. The highest BCUT2D eigenvalue weighted by atomic mass is 16.1. The first kappa shape index (κ1) is 14.5. The van der Waals surface area contributed by atoms with Crippen LogP contribution in [0.25, 0.3) is 0 Å². The Bertz CT molecular complexity index is 648. The average molecular weight is 296 g/mol. The van der Waals surface area contributed by atoms with Crippen molar-refractivity contribution in [3.63, 3.8) is 0 Å². The number of nitrogens with one attached hydrogen (secondary N) is 1. The lowest BCUT2D eigenvalue weighted by molar-refractivity contribution is 0.0950. The maximum atomic E-state index is 12.1. The quantitative estimate of drug-likeness (QED) is 0.940. The number of anilines is 1. The van der Waals surface area contributed by atoms with Gasteiger partial charge in [-0.15, -0.1) is 0 Å². The molecule has 1 aliphatic rings. The summed E-state index contributed by atoms with van der Waals surface area (Å²) in [5, 5.41) is 2.90. The second-order valence-electron chi connectivity index (χ2n) is 5.59. The zero-order chi connectivity index (χ0) is 15.4. The van der Waals surface area contributed by atoms with Crippen molar-refractivity contribution >= 4 is 11.9 Å². The molecule has 0 aliphatic carbocycles. The van der Waals surface area contributed by atoms with Crippen molar-refractivity contribution < 1.29 is 4.79 Å². The van der Waals surface area contributed by atoms with E-state index in [2.05, 4.69) is 20.2 Å². The van der Waals surface area contributed by atoms with E-state index in [0.717, 1.165) is 30.3 Å². The van der Waals surface area contributed by atoms with Crippen molar-refractivity contribution in [3.8, 4) is 0 Å². The van der Waals surface area contributed by atoms with Crippen LogP contribution in [0.2, 0.25) is 0 Å². The van der Waals surface area contributed by atoms with Crippen LogP contribution in [-0.2, 0) is 6.54 Å². The number of nitrogens with zero attached hydrogens (tertiary/aromatic N) is 3. The summed E-state index contributed by atoms with van der Waals surface area (Å²) >= 11 is 0. The molecule has 0 bridgehead atoms. The van der Waals surface area contributed by atoms with E-state index in [0.29, 0.717) is 12.1 Å². The van der Waals surface area contributed by atoms with Crippen molar-refractivity contribution in [2.45, 2.75) is 26.3 Å². The Morgan fingerprint density at radius 1 is 1.18 bits per heavy atom. The predicted molar refractivity (Wildman–Crippen MR) is 85.8 cm³/mol. The van der Waals surface area contributed by atoms with Gasteiger partial charge in [-0.2, -0.15) is 0 Å². The molecule has 5 nitrogen and oxygen atoms in total. The second-order valence-corrected chi connectivity index (χ2v) is 5.59. The molecule has 114 valence electrons. The van der Waals surface area contributed by atoms with Crippen LogP contribution in [0.3, 0.4) is 0 Å². The number of carbonyl (C=O) groups excluding carboxylic acids is 1. The third-order valence-corrected chi connectivity index (χ3v) is 3.83. The number of amides is 1. The molecule has 1 aromatic carbocycles. The van der Waals surface area contributed by atoms with Gasteiger partial charge in [0.25, 0.3) is 5.91 Å². The SMILES string of the molecule is Cc1ccc(C(=O)NCc2ccnc(N3CCCC3)n2)cc1. The van der Waals surface area contributed by atoms with Crippen LogP contribution >= 0.6 is 0 Å². The highest BCUT2D eigenvalue weighted by Gasteiger charge is 2.15. The largest absolute Gasteiger partial charge is 0.346 e. The van der Waals surface area contributed by atoms with E-state index in [1.54, 1.807) is 6.20 Å². The Balaban J connectivity index is 1.62. The van der Waals surface area contributed by atoms with Crippen LogP contribution in [0.1, 0.15) is 34.5 Å². The molecular weight excluding hydrogens is 276 g/mol. The molecule has 0 atom stereocenters. The molecule has 1 aromatic heterocycles. The molecule has 1 amide bonds. The van der Waals surface area contributed by atoms with Gasteiger partial charge in [0, 0.05) is 24.8 Å². The van der Waals surface area contributed by atoms with Crippen LogP contribution in [0.5, 0.6) is 0 Å². The fourth-order valence-corrected chi connectivity index (χ4v) is 2.53.